The molecule has 2 N–H and O–H groups in total. The van der Waals surface area contributed by atoms with Crippen molar-refractivity contribution in [2.45, 2.75) is 39.0 Å². The molecule has 1 unspecified atom stereocenters. The first kappa shape index (κ1) is 32.3. The van der Waals surface area contributed by atoms with Gasteiger partial charge in [0.15, 0.2) is 28.9 Å². The molecule has 1 saturated carbocycles. The Kier molecular flexibility index (Phi) is 9.40. The minimum atomic E-state index is -1.09. The second-order valence-corrected chi connectivity index (χ2v) is 13.1. The van der Waals surface area contributed by atoms with E-state index in [1.807, 2.05) is 0 Å². The third kappa shape index (κ3) is 6.23. The topological polar surface area (TPSA) is 136 Å². The fraction of sp³-hybridized carbons (Fsp3) is 0.375. The number of hydrogen-bond acceptors (Lipinski definition) is 9. The molecule has 0 aliphatic heterocycles. The zero-order chi connectivity index (χ0) is 32.6. The van der Waals surface area contributed by atoms with Gasteiger partial charge in [-0.15, -0.1) is 22.7 Å². The van der Waals surface area contributed by atoms with Crippen molar-refractivity contribution in [2.75, 3.05) is 20.8 Å². The molecule has 0 amide bonds. The zero-order valence-electron chi connectivity index (χ0n) is 24.6. The maximum Gasteiger partial charge on any atom is 0.307 e. The Labute approximate surface area is 264 Å². The lowest BCUT2D eigenvalue weighted by molar-refractivity contribution is -0.146. The van der Waals surface area contributed by atoms with E-state index in [1.54, 1.807) is 12.1 Å². The summed E-state index contributed by atoms with van der Waals surface area (Å²) in [4.78, 5) is 48.6. The minimum absolute atomic E-state index is 0.0157. The van der Waals surface area contributed by atoms with Crippen LogP contribution in [0.5, 0.6) is 17.2 Å². The van der Waals surface area contributed by atoms with Crippen LogP contribution in [-0.4, -0.2) is 54.5 Å². The highest BCUT2D eigenvalue weighted by Gasteiger charge is 2.42. The van der Waals surface area contributed by atoms with Crippen molar-refractivity contribution in [3.8, 4) is 17.2 Å². The molecule has 238 valence electrons. The highest BCUT2D eigenvalue weighted by molar-refractivity contribution is 7.21. The van der Waals surface area contributed by atoms with E-state index in [4.69, 9.17) is 19.3 Å². The van der Waals surface area contributed by atoms with E-state index in [2.05, 4.69) is 0 Å². The number of halogens is 2. The van der Waals surface area contributed by atoms with Gasteiger partial charge in [0.1, 0.15) is 11.6 Å². The van der Waals surface area contributed by atoms with Crippen molar-refractivity contribution < 1.29 is 52.4 Å². The molecule has 2 heterocycles. The quantitative estimate of drug-likeness (QED) is 0.108. The average molecular weight is 661 g/mol. The van der Waals surface area contributed by atoms with Crippen LogP contribution in [0.25, 0.3) is 20.2 Å². The van der Waals surface area contributed by atoms with Crippen LogP contribution in [0.15, 0.2) is 24.3 Å². The fourth-order valence-corrected chi connectivity index (χ4v) is 7.53. The summed E-state index contributed by atoms with van der Waals surface area (Å²) in [5, 5.41) is 18.8. The molecule has 3 atom stereocenters. The van der Waals surface area contributed by atoms with Crippen LogP contribution >= 0.6 is 22.7 Å². The van der Waals surface area contributed by atoms with Crippen molar-refractivity contribution in [2.24, 2.45) is 17.8 Å². The van der Waals surface area contributed by atoms with E-state index in [0.29, 0.717) is 22.2 Å². The summed E-state index contributed by atoms with van der Waals surface area (Å²) in [7, 11) is 2.76. The number of aliphatic carboxylic acids is 2. The molecule has 0 bridgehead atoms. The number of methoxy groups -OCH3 is 2. The van der Waals surface area contributed by atoms with Crippen LogP contribution in [0.3, 0.4) is 0 Å². The summed E-state index contributed by atoms with van der Waals surface area (Å²) in [5.41, 5.74) is 0.254. The number of carboxylic acid groups (broad SMARTS) is 2. The lowest BCUT2D eigenvalue weighted by Gasteiger charge is -2.31. The maximum absolute atomic E-state index is 15.7. The van der Waals surface area contributed by atoms with E-state index in [9.17, 15) is 24.3 Å². The van der Waals surface area contributed by atoms with Crippen LogP contribution in [0.2, 0.25) is 0 Å². The lowest BCUT2D eigenvalue weighted by atomic mass is 9.71. The molecule has 5 rings (SSSR count). The molecule has 4 aromatic rings. The summed E-state index contributed by atoms with van der Waals surface area (Å²) in [5.74, 6) is -6.10. The predicted octanol–water partition coefficient (Wildman–Crippen LogP) is 7.01. The molecule has 0 radical (unpaired) electrons. The van der Waals surface area contributed by atoms with Gasteiger partial charge >= 0.3 is 11.9 Å². The van der Waals surface area contributed by atoms with Crippen LogP contribution in [0, 0.1) is 29.4 Å². The monoisotopic (exact) mass is 660 g/mol. The third-order valence-electron chi connectivity index (χ3n) is 8.12. The van der Waals surface area contributed by atoms with Gasteiger partial charge in [-0.1, -0.05) is 6.92 Å². The van der Waals surface area contributed by atoms with Crippen LogP contribution in [0.1, 0.15) is 57.5 Å². The Balaban J connectivity index is 1.31. The van der Waals surface area contributed by atoms with Crippen molar-refractivity contribution >= 4 is 66.4 Å². The smallest absolute Gasteiger partial charge is 0.307 e. The normalized spacial score (nSPS) is 16.7. The number of hydrogen-bond donors (Lipinski definition) is 2. The number of carbonyl (C=O) groups is 4. The first-order valence-corrected chi connectivity index (χ1v) is 15.8. The first-order valence-electron chi connectivity index (χ1n) is 14.2. The molecular weight excluding hydrogens is 630 g/mol. The number of thiophene rings is 2. The number of benzene rings is 2. The third-order valence-corrected chi connectivity index (χ3v) is 10.3. The van der Waals surface area contributed by atoms with Gasteiger partial charge in [-0.2, -0.15) is 0 Å². The molecule has 1 aliphatic carbocycles. The van der Waals surface area contributed by atoms with E-state index in [1.165, 1.54) is 33.3 Å². The Morgan fingerprint density at radius 3 is 2.09 bits per heavy atom. The number of ketones is 2. The summed E-state index contributed by atoms with van der Waals surface area (Å²) in [6.45, 7) is 1.42. The summed E-state index contributed by atoms with van der Waals surface area (Å²) in [6.07, 6.45) is 1.13. The molecule has 1 fully saturated rings. The molecule has 0 spiro atoms. The second-order valence-electron chi connectivity index (χ2n) is 10.9. The van der Waals surface area contributed by atoms with Gasteiger partial charge in [0.2, 0.25) is 0 Å². The predicted molar refractivity (Wildman–Crippen MR) is 164 cm³/mol. The highest BCUT2D eigenvalue weighted by atomic mass is 32.1. The van der Waals surface area contributed by atoms with Crippen molar-refractivity contribution in [1.82, 2.24) is 0 Å². The number of Topliss-reactive ketones (excluding diaryl/α,β-unsaturated/α-hetero) is 2. The van der Waals surface area contributed by atoms with E-state index < -0.39 is 41.3 Å². The first-order chi connectivity index (χ1) is 21.4. The number of carbonyl (C=O) groups excluding carboxylic acids is 2. The lowest BCUT2D eigenvalue weighted by Crippen LogP contribution is -2.37. The van der Waals surface area contributed by atoms with Gasteiger partial charge in [-0.25, -0.2) is 8.78 Å². The number of ether oxygens (including phenoxy) is 3. The number of carboxylic acids is 2. The summed E-state index contributed by atoms with van der Waals surface area (Å²) in [6, 6.07) is 6.03. The van der Waals surface area contributed by atoms with Gasteiger partial charge in [0, 0.05) is 44.1 Å². The molecule has 2 aromatic heterocycles. The number of fused-ring (bicyclic) bond motifs is 2. The van der Waals surface area contributed by atoms with Gasteiger partial charge in [0.05, 0.1) is 42.4 Å². The zero-order valence-corrected chi connectivity index (χ0v) is 26.2. The van der Waals surface area contributed by atoms with E-state index in [0.717, 1.165) is 22.7 Å². The molecule has 13 heteroatoms. The standard InChI is InChI=1S/C32H30F2O9S2/c1-14(31(37)38)9-20(35)25-10-18-23(44-25)12-21(41-2)17(27(18)33)5-4-8-43-30-22(42-3)13-24-19(28(30)34)11-26(45-24)29(36)15-6-7-16(15)32(39)40/h10-16H,4-9H2,1-3H3,(H,37,38)(H,39,40)/t14?,15-,16-/m1/s1. The number of rotatable bonds is 14. The van der Waals surface area contributed by atoms with Crippen LogP contribution in [0.4, 0.5) is 8.78 Å². The van der Waals surface area contributed by atoms with Crippen molar-refractivity contribution in [3.63, 3.8) is 0 Å². The average Bonchev–Trinajstić information content (AvgIpc) is 3.61. The fourth-order valence-electron chi connectivity index (χ4n) is 5.40. The molecular formula is C32H30F2O9S2. The Morgan fingerprint density at radius 1 is 0.889 bits per heavy atom. The second kappa shape index (κ2) is 13.1. The molecule has 0 saturated heterocycles. The van der Waals surface area contributed by atoms with Crippen molar-refractivity contribution in [3.05, 3.63) is 51.2 Å². The Hall–Kier alpha value is -4.10. The van der Waals surface area contributed by atoms with Gasteiger partial charge in [-0.05, 0) is 43.9 Å². The molecule has 1 aliphatic rings. The SMILES string of the molecule is COc1cc2sc(C(=O)CC(C)C(=O)O)cc2c(F)c1CCCOc1c(OC)cc2sc(C(=O)[C@@H]3CC[C@H]3C(=O)O)cc2c1F. The Morgan fingerprint density at radius 2 is 1.49 bits per heavy atom. The molecule has 2 aromatic carbocycles. The summed E-state index contributed by atoms with van der Waals surface area (Å²) < 4.78 is 48.8. The molecule has 9 nitrogen and oxygen atoms in total. The van der Waals surface area contributed by atoms with Gasteiger partial charge in [-0.3, -0.25) is 19.2 Å². The molecule has 45 heavy (non-hydrogen) atoms. The van der Waals surface area contributed by atoms with E-state index >= 15 is 8.78 Å². The minimum Gasteiger partial charge on any atom is -0.496 e. The van der Waals surface area contributed by atoms with E-state index in [-0.39, 0.29) is 80.8 Å². The van der Waals surface area contributed by atoms with Crippen LogP contribution in [-0.2, 0) is 16.0 Å². The van der Waals surface area contributed by atoms with Crippen molar-refractivity contribution in [1.29, 1.82) is 0 Å². The van der Waals surface area contributed by atoms with Gasteiger partial charge < -0.3 is 24.4 Å². The van der Waals surface area contributed by atoms with Gasteiger partial charge in [0.25, 0.3) is 0 Å². The highest BCUT2D eigenvalue weighted by Crippen LogP contribution is 2.43. The Bertz CT molecular complexity index is 1830. The van der Waals surface area contributed by atoms with Crippen LogP contribution < -0.4 is 14.2 Å². The summed E-state index contributed by atoms with van der Waals surface area (Å²) >= 11 is 2.13. The maximum atomic E-state index is 15.7. The largest absolute Gasteiger partial charge is 0.496 e.